The van der Waals surface area contributed by atoms with Crippen LogP contribution in [0, 0.1) is 0 Å². The van der Waals surface area contributed by atoms with Gasteiger partial charge >= 0.3 is 0 Å². The monoisotopic (exact) mass is 393 g/mol. The van der Waals surface area contributed by atoms with E-state index in [2.05, 4.69) is 11.0 Å². The number of fused-ring (bicyclic) bond motifs is 7. The lowest BCUT2D eigenvalue weighted by Crippen LogP contribution is -2.43. The average molecular weight is 393 g/mol. The summed E-state index contributed by atoms with van der Waals surface area (Å²) in [6.45, 7) is 2.11. The quantitative estimate of drug-likeness (QED) is 0.657. The maximum atomic E-state index is 10.5. The lowest BCUT2D eigenvalue weighted by Gasteiger charge is -2.41. The maximum absolute atomic E-state index is 10.5. The zero-order chi connectivity index (χ0) is 20.1. The van der Waals surface area contributed by atoms with Gasteiger partial charge in [-0.3, -0.25) is 4.90 Å². The minimum atomic E-state index is 0.158. The van der Waals surface area contributed by atoms with Crippen LogP contribution in [-0.2, 0) is 13.0 Å². The van der Waals surface area contributed by atoms with Crippen LogP contribution in [0.25, 0.3) is 21.5 Å². The summed E-state index contributed by atoms with van der Waals surface area (Å²) in [5, 5.41) is 14.9. The van der Waals surface area contributed by atoms with E-state index in [1.807, 2.05) is 18.2 Å². The summed E-state index contributed by atoms with van der Waals surface area (Å²) in [7, 11) is 4.93. The van der Waals surface area contributed by atoms with E-state index in [-0.39, 0.29) is 5.75 Å². The van der Waals surface area contributed by atoms with Gasteiger partial charge in [-0.2, -0.15) is 0 Å². The highest BCUT2D eigenvalue weighted by molar-refractivity contribution is 6.12. The molecule has 0 spiro atoms. The summed E-state index contributed by atoms with van der Waals surface area (Å²) < 4.78 is 16.6. The number of hydrogen-bond donors (Lipinski definition) is 1. The summed E-state index contributed by atoms with van der Waals surface area (Å²) in [6, 6.07) is 8.55. The van der Waals surface area contributed by atoms with Crippen molar-refractivity contribution >= 4 is 21.5 Å². The van der Waals surface area contributed by atoms with Crippen molar-refractivity contribution in [2.75, 3.05) is 27.9 Å². The molecule has 1 fully saturated rings. The Labute approximate surface area is 170 Å². The number of methoxy groups -OCH3 is 3. The maximum Gasteiger partial charge on any atom is 0.161 e. The van der Waals surface area contributed by atoms with Crippen LogP contribution in [-0.4, -0.2) is 43.9 Å². The fraction of sp³-hybridized carbons (Fsp3) is 0.417. The highest BCUT2D eigenvalue weighted by Crippen LogP contribution is 2.45. The first-order valence-electron chi connectivity index (χ1n) is 10.3. The Bertz CT molecular complexity index is 1110. The van der Waals surface area contributed by atoms with Crippen molar-refractivity contribution in [3.05, 3.63) is 35.4 Å². The Hall–Kier alpha value is -2.66. The Kier molecular flexibility index (Phi) is 4.43. The number of phenols is 1. The van der Waals surface area contributed by atoms with Crippen molar-refractivity contribution in [2.24, 2.45) is 0 Å². The third kappa shape index (κ3) is 2.79. The smallest absolute Gasteiger partial charge is 0.161 e. The number of piperidine rings is 1. The molecule has 0 saturated carbocycles. The molecule has 3 aromatic rings. The van der Waals surface area contributed by atoms with Gasteiger partial charge in [0.05, 0.1) is 21.3 Å². The number of rotatable bonds is 3. The summed E-state index contributed by atoms with van der Waals surface area (Å²) in [4.78, 5) is 2.63. The normalized spacial score (nSPS) is 19.1. The molecule has 0 aromatic heterocycles. The Balaban J connectivity index is 1.88. The molecule has 3 aromatic carbocycles. The van der Waals surface area contributed by atoms with E-state index in [1.165, 1.54) is 41.2 Å². The van der Waals surface area contributed by atoms with E-state index < -0.39 is 0 Å². The third-order valence-electron chi connectivity index (χ3n) is 6.70. The van der Waals surface area contributed by atoms with Gasteiger partial charge in [0.2, 0.25) is 0 Å². The van der Waals surface area contributed by atoms with Crippen LogP contribution < -0.4 is 14.2 Å². The Morgan fingerprint density at radius 2 is 1.41 bits per heavy atom. The van der Waals surface area contributed by atoms with Crippen LogP contribution in [0.15, 0.2) is 24.3 Å². The van der Waals surface area contributed by atoms with Crippen molar-refractivity contribution in [3.63, 3.8) is 0 Å². The van der Waals surface area contributed by atoms with E-state index in [1.54, 1.807) is 21.3 Å². The van der Waals surface area contributed by atoms with Gasteiger partial charge in [0.1, 0.15) is 0 Å². The first-order chi connectivity index (χ1) is 14.1. The van der Waals surface area contributed by atoms with Gasteiger partial charge in [-0.1, -0.05) is 6.42 Å². The van der Waals surface area contributed by atoms with Crippen LogP contribution in [0.3, 0.4) is 0 Å². The molecular formula is C24H27NO4. The van der Waals surface area contributed by atoms with Gasteiger partial charge in [0, 0.05) is 12.6 Å². The van der Waals surface area contributed by atoms with Crippen molar-refractivity contribution in [3.8, 4) is 23.0 Å². The molecule has 5 nitrogen and oxygen atoms in total. The molecule has 5 rings (SSSR count). The van der Waals surface area contributed by atoms with Crippen LogP contribution in [0.1, 0.15) is 30.4 Å². The minimum absolute atomic E-state index is 0.158. The lowest BCUT2D eigenvalue weighted by molar-refractivity contribution is 0.128. The van der Waals surface area contributed by atoms with Gasteiger partial charge in [0.15, 0.2) is 23.0 Å². The molecule has 0 amide bonds. The van der Waals surface area contributed by atoms with Crippen molar-refractivity contribution in [1.82, 2.24) is 4.90 Å². The molecule has 1 saturated heterocycles. The van der Waals surface area contributed by atoms with Crippen LogP contribution in [0.5, 0.6) is 23.0 Å². The summed E-state index contributed by atoms with van der Waals surface area (Å²) in [6.07, 6.45) is 4.86. The predicted molar refractivity (Wildman–Crippen MR) is 115 cm³/mol. The van der Waals surface area contributed by atoms with Gasteiger partial charge in [0.25, 0.3) is 0 Å². The SMILES string of the molecule is COc1cc2c3c(c4cc(OC)c(OC)cc4c2cc1O)CN1CCCCC1C3. The van der Waals surface area contributed by atoms with E-state index in [9.17, 15) is 5.11 Å². The molecule has 1 atom stereocenters. The number of phenolic OH excluding ortho intramolecular Hbond substituents is 1. The van der Waals surface area contributed by atoms with E-state index in [0.29, 0.717) is 17.5 Å². The molecule has 2 aliphatic rings. The second-order valence-electron chi connectivity index (χ2n) is 8.10. The highest BCUT2D eigenvalue weighted by Gasteiger charge is 2.31. The standard InChI is InChI=1S/C24H27NO4/c1-27-22-10-17-15-8-14-6-4-5-7-25(14)13-20(15)19-12-24(29-3)23(28-2)11-18(19)16(17)9-21(22)26/h9-12,14,26H,4-8,13H2,1-3H3. The van der Waals surface area contributed by atoms with Crippen molar-refractivity contribution in [1.29, 1.82) is 0 Å². The molecule has 29 heavy (non-hydrogen) atoms. The molecule has 152 valence electrons. The van der Waals surface area contributed by atoms with E-state index in [0.717, 1.165) is 36.0 Å². The minimum Gasteiger partial charge on any atom is -0.504 e. The van der Waals surface area contributed by atoms with Crippen LogP contribution in [0.4, 0.5) is 0 Å². The number of nitrogens with zero attached hydrogens (tertiary/aromatic N) is 1. The van der Waals surface area contributed by atoms with Gasteiger partial charge < -0.3 is 19.3 Å². The molecule has 1 N–H and O–H groups in total. The number of benzene rings is 3. The fourth-order valence-electron chi connectivity index (χ4n) is 5.23. The van der Waals surface area contributed by atoms with E-state index >= 15 is 0 Å². The van der Waals surface area contributed by atoms with Crippen LogP contribution in [0.2, 0.25) is 0 Å². The largest absolute Gasteiger partial charge is 0.504 e. The Morgan fingerprint density at radius 1 is 0.793 bits per heavy atom. The highest BCUT2D eigenvalue weighted by atomic mass is 16.5. The average Bonchev–Trinajstić information content (AvgIpc) is 2.76. The molecule has 2 aliphatic heterocycles. The number of aromatic hydroxyl groups is 1. The third-order valence-corrected chi connectivity index (χ3v) is 6.70. The summed E-state index contributed by atoms with van der Waals surface area (Å²) in [5.74, 6) is 2.11. The zero-order valence-corrected chi connectivity index (χ0v) is 17.2. The molecule has 0 radical (unpaired) electrons. The van der Waals surface area contributed by atoms with E-state index in [4.69, 9.17) is 14.2 Å². The van der Waals surface area contributed by atoms with Gasteiger partial charge in [-0.25, -0.2) is 0 Å². The molecular weight excluding hydrogens is 366 g/mol. The molecule has 0 bridgehead atoms. The topological polar surface area (TPSA) is 51.2 Å². The number of hydrogen-bond acceptors (Lipinski definition) is 5. The first-order valence-corrected chi connectivity index (χ1v) is 10.3. The van der Waals surface area contributed by atoms with Crippen molar-refractivity contribution < 1.29 is 19.3 Å². The first kappa shape index (κ1) is 18.4. The van der Waals surface area contributed by atoms with Crippen LogP contribution >= 0.6 is 0 Å². The second-order valence-corrected chi connectivity index (χ2v) is 8.10. The molecule has 0 aliphatic carbocycles. The number of ether oxygens (including phenoxy) is 3. The Morgan fingerprint density at radius 3 is 2.14 bits per heavy atom. The molecule has 5 heteroatoms. The second kappa shape index (κ2) is 6.99. The van der Waals surface area contributed by atoms with Crippen molar-refractivity contribution in [2.45, 2.75) is 38.3 Å². The predicted octanol–water partition coefficient (Wildman–Crippen LogP) is 4.64. The summed E-state index contributed by atoms with van der Waals surface area (Å²) in [5.41, 5.74) is 2.74. The van der Waals surface area contributed by atoms with Gasteiger partial charge in [-0.05, 0) is 82.7 Å². The summed E-state index contributed by atoms with van der Waals surface area (Å²) >= 11 is 0. The molecule has 1 unspecified atom stereocenters. The zero-order valence-electron chi connectivity index (χ0n) is 17.2. The fourth-order valence-corrected chi connectivity index (χ4v) is 5.23. The van der Waals surface area contributed by atoms with Gasteiger partial charge in [-0.15, -0.1) is 0 Å². The molecule has 2 heterocycles. The lowest BCUT2D eigenvalue weighted by atomic mass is 9.82.